The van der Waals surface area contributed by atoms with Gasteiger partial charge in [0.2, 0.25) is 0 Å². The van der Waals surface area contributed by atoms with Gasteiger partial charge in [-0.3, -0.25) is 4.40 Å². The van der Waals surface area contributed by atoms with Gasteiger partial charge >= 0.3 is 0 Å². The zero-order chi connectivity index (χ0) is 36.7. The van der Waals surface area contributed by atoms with E-state index in [1.165, 1.54) is 70.6 Å². The number of nitrogens with zero attached hydrogens (tertiary/aromatic N) is 4. The Morgan fingerprint density at radius 2 is 0.893 bits per heavy atom. The molecule has 0 N–H and O–H groups in total. The topological polar surface area (TPSA) is 27.2 Å². The lowest BCUT2D eigenvalue weighted by Gasteiger charge is -2.11. The van der Waals surface area contributed by atoms with Crippen LogP contribution in [-0.4, -0.2) is 18.5 Å². The van der Waals surface area contributed by atoms with Crippen LogP contribution in [0.2, 0.25) is 0 Å². The molecule has 0 aliphatic carbocycles. The highest BCUT2D eigenvalue weighted by Gasteiger charge is 2.20. The smallest absolute Gasteiger partial charge is 0.195 e. The zero-order valence-electron chi connectivity index (χ0n) is 30.2. The molecule has 0 amide bonds. The maximum absolute atomic E-state index is 5.17. The van der Waals surface area contributed by atoms with E-state index in [-0.39, 0.29) is 0 Å². The van der Waals surface area contributed by atoms with E-state index in [0.29, 0.717) is 0 Å². The van der Waals surface area contributed by atoms with Crippen molar-refractivity contribution in [3.63, 3.8) is 0 Å². The summed E-state index contributed by atoms with van der Waals surface area (Å²) in [6.07, 6.45) is 2.20. The molecule has 0 saturated heterocycles. The Bertz CT molecular complexity index is 3460. The van der Waals surface area contributed by atoms with Crippen molar-refractivity contribution in [1.82, 2.24) is 18.5 Å². The lowest BCUT2D eigenvalue weighted by Crippen LogP contribution is -1.93. The standard InChI is InChI=1S/C51H32N4S/c1-4-14-33(15-5-1)44-32-53-49-31-36(34-24-26-47-42(28-34)39-20-10-12-22-45(39)54(47)37-16-6-2-7-17-37)30-41(50(49)56-51(53)52-44)35-25-27-48-43(29-35)40-21-11-13-23-46(40)55(48)38-18-8-3-9-19-38/h1-32H. The van der Waals surface area contributed by atoms with Crippen LogP contribution in [0.15, 0.2) is 194 Å². The third kappa shape index (κ3) is 4.68. The first-order chi connectivity index (χ1) is 27.8. The van der Waals surface area contributed by atoms with Gasteiger partial charge in [0.25, 0.3) is 0 Å². The van der Waals surface area contributed by atoms with E-state index in [9.17, 15) is 0 Å². The van der Waals surface area contributed by atoms with Gasteiger partial charge in [0.05, 0.1) is 38.0 Å². The molecular formula is C51H32N4S. The van der Waals surface area contributed by atoms with Gasteiger partial charge in [-0.1, -0.05) is 127 Å². The number of hydrogen-bond acceptors (Lipinski definition) is 2. The van der Waals surface area contributed by atoms with Crippen molar-refractivity contribution >= 4 is 70.1 Å². The summed E-state index contributed by atoms with van der Waals surface area (Å²) in [4.78, 5) is 6.15. The monoisotopic (exact) mass is 732 g/mol. The summed E-state index contributed by atoms with van der Waals surface area (Å²) < 4.78 is 8.27. The molecule has 56 heavy (non-hydrogen) atoms. The zero-order valence-corrected chi connectivity index (χ0v) is 31.0. The van der Waals surface area contributed by atoms with Crippen LogP contribution in [0.3, 0.4) is 0 Å². The number of rotatable bonds is 5. The second-order valence-corrected chi connectivity index (χ2v) is 15.4. The number of thiazole rings is 1. The molecule has 0 fully saturated rings. The van der Waals surface area contributed by atoms with Crippen LogP contribution < -0.4 is 0 Å². The number of aromatic nitrogens is 4. The van der Waals surface area contributed by atoms with E-state index in [0.717, 1.165) is 33.1 Å². The van der Waals surface area contributed by atoms with Gasteiger partial charge in [-0.05, 0) is 89.5 Å². The number of fused-ring (bicyclic) bond motifs is 9. The SMILES string of the molecule is c1ccc(-c2cn3c(n2)sc2c(-c4ccc5c(c4)c4ccccc4n5-c4ccccc4)cc(-c4ccc5c(c4)c4ccccc4n5-c4ccccc4)cc23)cc1. The van der Waals surface area contributed by atoms with Crippen molar-refractivity contribution in [1.29, 1.82) is 0 Å². The fourth-order valence-electron chi connectivity index (χ4n) is 8.73. The van der Waals surface area contributed by atoms with Crippen LogP contribution in [0.25, 0.3) is 104 Å². The van der Waals surface area contributed by atoms with Crippen molar-refractivity contribution < 1.29 is 0 Å². The fraction of sp³-hybridized carbons (Fsp3) is 0. The highest BCUT2D eigenvalue weighted by Crippen LogP contribution is 2.43. The molecule has 12 rings (SSSR count). The van der Waals surface area contributed by atoms with Crippen LogP contribution in [-0.2, 0) is 0 Å². The van der Waals surface area contributed by atoms with Crippen LogP contribution >= 0.6 is 11.3 Å². The molecule has 0 radical (unpaired) electrons. The van der Waals surface area contributed by atoms with E-state index in [1.807, 2.05) is 0 Å². The Labute approximate surface area is 326 Å². The van der Waals surface area contributed by atoms with Gasteiger partial charge in [0.15, 0.2) is 4.96 Å². The molecule has 0 aliphatic rings. The van der Waals surface area contributed by atoms with Gasteiger partial charge in [-0.15, -0.1) is 0 Å². The summed E-state index contributed by atoms with van der Waals surface area (Å²) in [6, 6.07) is 68.0. The minimum atomic E-state index is 0.982. The summed E-state index contributed by atoms with van der Waals surface area (Å²) in [7, 11) is 0. The quantitative estimate of drug-likeness (QED) is 0.173. The molecule has 0 unspecified atom stereocenters. The summed E-state index contributed by atoms with van der Waals surface area (Å²) in [5.41, 5.74) is 15.1. The molecule has 0 atom stereocenters. The van der Waals surface area contributed by atoms with Gasteiger partial charge < -0.3 is 9.13 Å². The molecule has 4 nitrogen and oxygen atoms in total. The Morgan fingerprint density at radius 3 is 1.52 bits per heavy atom. The summed E-state index contributed by atoms with van der Waals surface area (Å²) in [5, 5.41) is 4.97. The largest absolute Gasteiger partial charge is 0.309 e. The van der Waals surface area contributed by atoms with E-state index in [2.05, 4.69) is 208 Å². The van der Waals surface area contributed by atoms with E-state index >= 15 is 0 Å². The average molecular weight is 733 g/mol. The summed E-state index contributed by atoms with van der Waals surface area (Å²) >= 11 is 1.76. The van der Waals surface area contributed by atoms with Gasteiger partial charge in [0.1, 0.15) is 0 Å². The van der Waals surface area contributed by atoms with Crippen molar-refractivity contribution in [3.05, 3.63) is 194 Å². The average Bonchev–Trinajstić information content (AvgIpc) is 4.02. The number of para-hydroxylation sites is 4. The minimum absolute atomic E-state index is 0.982. The molecule has 8 aromatic carbocycles. The van der Waals surface area contributed by atoms with Gasteiger partial charge in [0, 0.05) is 50.2 Å². The summed E-state index contributed by atoms with van der Waals surface area (Å²) in [5.74, 6) is 0. The maximum Gasteiger partial charge on any atom is 0.195 e. The molecule has 0 aliphatic heterocycles. The van der Waals surface area contributed by atoms with Crippen LogP contribution in [0.5, 0.6) is 0 Å². The van der Waals surface area contributed by atoms with E-state index in [1.54, 1.807) is 11.3 Å². The third-order valence-electron chi connectivity index (χ3n) is 11.3. The van der Waals surface area contributed by atoms with E-state index < -0.39 is 0 Å². The number of hydrogen-bond donors (Lipinski definition) is 0. The Balaban J connectivity index is 1.11. The molecule has 0 saturated carbocycles. The predicted octanol–water partition coefficient (Wildman–Crippen LogP) is 13.7. The number of benzene rings is 8. The molecule has 0 bridgehead atoms. The van der Waals surface area contributed by atoms with Crippen molar-refractivity contribution in [3.8, 4) is 44.9 Å². The molecular weight excluding hydrogens is 701 g/mol. The highest BCUT2D eigenvalue weighted by molar-refractivity contribution is 7.24. The molecule has 0 spiro atoms. The predicted molar refractivity (Wildman–Crippen MR) is 236 cm³/mol. The molecule has 4 heterocycles. The van der Waals surface area contributed by atoms with Crippen LogP contribution in [0, 0.1) is 0 Å². The first kappa shape index (κ1) is 31.2. The van der Waals surface area contributed by atoms with Gasteiger partial charge in [-0.2, -0.15) is 0 Å². The van der Waals surface area contributed by atoms with Gasteiger partial charge in [-0.25, -0.2) is 4.98 Å². The Hall–Kier alpha value is -7.21. The third-order valence-corrected chi connectivity index (χ3v) is 12.4. The first-order valence-electron chi connectivity index (χ1n) is 19.0. The Kier molecular flexibility index (Phi) is 6.76. The summed E-state index contributed by atoms with van der Waals surface area (Å²) in [6.45, 7) is 0. The minimum Gasteiger partial charge on any atom is -0.309 e. The second-order valence-electron chi connectivity index (χ2n) is 14.5. The first-order valence-corrected chi connectivity index (χ1v) is 19.8. The van der Waals surface area contributed by atoms with Crippen molar-refractivity contribution in [2.75, 3.05) is 0 Å². The fourth-order valence-corrected chi connectivity index (χ4v) is 9.86. The van der Waals surface area contributed by atoms with Crippen LogP contribution in [0.4, 0.5) is 0 Å². The van der Waals surface area contributed by atoms with E-state index in [4.69, 9.17) is 4.98 Å². The van der Waals surface area contributed by atoms with Crippen molar-refractivity contribution in [2.45, 2.75) is 0 Å². The maximum atomic E-state index is 5.17. The molecule has 12 aromatic rings. The highest BCUT2D eigenvalue weighted by atomic mass is 32.1. The number of imidazole rings is 1. The molecule has 4 aromatic heterocycles. The molecule has 5 heteroatoms. The lowest BCUT2D eigenvalue weighted by atomic mass is 9.96. The Morgan fingerprint density at radius 1 is 0.375 bits per heavy atom. The normalized spacial score (nSPS) is 11.9. The second kappa shape index (κ2) is 12.2. The van der Waals surface area contributed by atoms with Crippen molar-refractivity contribution in [2.24, 2.45) is 0 Å². The van der Waals surface area contributed by atoms with Crippen LogP contribution in [0.1, 0.15) is 0 Å². The lowest BCUT2D eigenvalue weighted by molar-refractivity contribution is 1.18. The molecule has 262 valence electrons.